The minimum atomic E-state index is -0.564. The summed E-state index contributed by atoms with van der Waals surface area (Å²) in [4.78, 5) is 38.8. The van der Waals surface area contributed by atoms with Gasteiger partial charge in [0.05, 0.1) is 37.7 Å². The fourth-order valence-electron chi connectivity index (χ4n) is 4.36. The molecule has 204 valence electrons. The van der Waals surface area contributed by atoms with Gasteiger partial charge in [-0.3, -0.25) is 14.4 Å². The summed E-state index contributed by atoms with van der Waals surface area (Å²) in [7, 11) is 0. The first-order chi connectivity index (χ1) is 18.5. The molecule has 3 rings (SSSR count). The normalized spacial score (nSPS) is 20.5. The van der Waals surface area contributed by atoms with E-state index in [1.165, 1.54) is 0 Å². The molecule has 0 unspecified atom stereocenters. The van der Waals surface area contributed by atoms with Gasteiger partial charge in [0.1, 0.15) is 6.61 Å². The Morgan fingerprint density at radius 3 is 2.21 bits per heavy atom. The lowest BCUT2D eigenvalue weighted by atomic mass is 9.94. The van der Waals surface area contributed by atoms with Crippen LogP contribution in [0.1, 0.15) is 30.4 Å². The van der Waals surface area contributed by atoms with Crippen molar-refractivity contribution in [2.75, 3.05) is 33.0 Å². The van der Waals surface area contributed by atoms with Crippen LogP contribution in [0.4, 0.5) is 0 Å². The van der Waals surface area contributed by atoms with Gasteiger partial charge in [-0.1, -0.05) is 72.8 Å². The number of hydrogen-bond acceptors (Lipinski definition) is 6. The van der Waals surface area contributed by atoms with Crippen LogP contribution in [0.25, 0.3) is 0 Å². The zero-order chi connectivity index (χ0) is 27.0. The fraction of sp³-hybridized carbons (Fsp3) is 0.433. The second-order valence-electron chi connectivity index (χ2n) is 9.44. The van der Waals surface area contributed by atoms with Crippen LogP contribution in [-0.4, -0.2) is 61.9 Å². The van der Waals surface area contributed by atoms with Crippen LogP contribution in [-0.2, 0) is 36.7 Å². The Morgan fingerprint density at radius 1 is 0.921 bits per heavy atom. The number of allylic oxidation sites excluding steroid dienone is 2. The Kier molecular flexibility index (Phi) is 12.5. The smallest absolute Gasteiger partial charge is 0.309 e. The lowest BCUT2D eigenvalue weighted by Gasteiger charge is -2.24. The van der Waals surface area contributed by atoms with E-state index in [0.29, 0.717) is 32.2 Å². The van der Waals surface area contributed by atoms with E-state index in [1.807, 2.05) is 72.8 Å². The minimum absolute atomic E-state index is 0.0292. The van der Waals surface area contributed by atoms with E-state index in [0.717, 1.165) is 11.1 Å². The quantitative estimate of drug-likeness (QED) is 0.238. The van der Waals surface area contributed by atoms with E-state index < -0.39 is 12.0 Å². The number of rotatable bonds is 11. The second kappa shape index (κ2) is 16.4. The van der Waals surface area contributed by atoms with Crippen LogP contribution >= 0.6 is 0 Å². The van der Waals surface area contributed by atoms with E-state index in [1.54, 1.807) is 0 Å². The summed E-state index contributed by atoms with van der Waals surface area (Å²) in [5.41, 5.74) is 2.07. The van der Waals surface area contributed by atoms with E-state index in [4.69, 9.17) is 14.6 Å². The number of aliphatic hydroxyl groups is 1. The largest absolute Gasteiger partial charge is 0.463 e. The van der Waals surface area contributed by atoms with Gasteiger partial charge in [0.2, 0.25) is 11.8 Å². The van der Waals surface area contributed by atoms with E-state index in [2.05, 4.69) is 10.6 Å². The molecule has 1 aliphatic heterocycles. The Labute approximate surface area is 224 Å². The van der Waals surface area contributed by atoms with Gasteiger partial charge in [-0.2, -0.15) is 0 Å². The number of carbonyl (C=O) groups excluding carboxylic acids is 3. The van der Waals surface area contributed by atoms with E-state index in [9.17, 15) is 14.4 Å². The molecule has 2 amide bonds. The molecule has 38 heavy (non-hydrogen) atoms. The molecule has 3 atom stereocenters. The summed E-state index contributed by atoms with van der Waals surface area (Å²) in [6, 6.07) is 19.1. The van der Waals surface area contributed by atoms with Crippen LogP contribution in [0, 0.1) is 11.8 Å². The standard InChI is InChI=1S/C30H38N2O6/c33-16-18-37-17-15-31-28(34)21-25-13-7-8-14-26(19-23-9-3-1-4-10-23)30(36)38-22-27(32-29(25)35)20-24-11-5-2-6-12-24/h1-12,25-27,33H,13-22H2,(H,31,34)(H,32,35)/t25-,26+,27+/m1/s1. The predicted molar refractivity (Wildman–Crippen MR) is 144 cm³/mol. The second-order valence-corrected chi connectivity index (χ2v) is 9.44. The van der Waals surface area contributed by atoms with Crippen molar-refractivity contribution in [1.29, 1.82) is 0 Å². The van der Waals surface area contributed by atoms with Gasteiger partial charge < -0.3 is 25.2 Å². The maximum Gasteiger partial charge on any atom is 0.309 e. The topological polar surface area (TPSA) is 114 Å². The number of cyclic esters (lactones) is 1. The van der Waals surface area contributed by atoms with Crippen molar-refractivity contribution in [2.24, 2.45) is 11.8 Å². The third-order valence-corrected chi connectivity index (χ3v) is 6.37. The number of esters is 1. The van der Waals surface area contributed by atoms with Crippen LogP contribution in [0.3, 0.4) is 0 Å². The Morgan fingerprint density at radius 2 is 1.55 bits per heavy atom. The summed E-state index contributed by atoms with van der Waals surface area (Å²) in [6.45, 7) is 0.779. The Balaban J connectivity index is 1.71. The van der Waals surface area contributed by atoms with Gasteiger partial charge in [0.15, 0.2) is 0 Å². The highest BCUT2D eigenvalue weighted by Crippen LogP contribution is 2.19. The highest BCUT2D eigenvalue weighted by molar-refractivity contribution is 5.86. The number of amides is 2. The molecule has 3 N–H and O–H groups in total. The lowest BCUT2D eigenvalue weighted by Crippen LogP contribution is -2.45. The SMILES string of the molecule is O=C(C[C@H]1CC=CC[C@@H](Cc2ccccc2)C(=O)OC[C@H](Cc2ccccc2)NC1=O)NCCOCCO. The molecule has 0 fully saturated rings. The number of ether oxygens (including phenoxy) is 2. The fourth-order valence-corrected chi connectivity index (χ4v) is 4.36. The number of carbonyl (C=O) groups is 3. The zero-order valence-electron chi connectivity index (χ0n) is 21.7. The molecule has 0 radical (unpaired) electrons. The molecule has 1 heterocycles. The first-order valence-corrected chi connectivity index (χ1v) is 13.2. The molecule has 2 aromatic carbocycles. The van der Waals surface area contributed by atoms with E-state index in [-0.39, 0.29) is 56.5 Å². The first-order valence-electron chi connectivity index (χ1n) is 13.2. The first kappa shape index (κ1) is 29.1. The van der Waals surface area contributed by atoms with Crippen molar-refractivity contribution in [2.45, 2.75) is 38.1 Å². The predicted octanol–water partition coefficient (Wildman–Crippen LogP) is 2.60. The lowest BCUT2D eigenvalue weighted by molar-refractivity contribution is -0.150. The molecule has 0 saturated heterocycles. The Bertz CT molecular complexity index is 1030. The molecule has 8 nitrogen and oxygen atoms in total. The number of benzene rings is 2. The van der Waals surface area contributed by atoms with Crippen molar-refractivity contribution in [1.82, 2.24) is 10.6 Å². The van der Waals surface area contributed by atoms with Crippen molar-refractivity contribution in [3.8, 4) is 0 Å². The van der Waals surface area contributed by atoms with Gasteiger partial charge in [-0.15, -0.1) is 0 Å². The van der Waals surface area contributed by atoms with Gasteiger partial charge in [0.25, 0.3) is 0 Å². The molecule has 0 spiro atoms. The highest BCUT2D eigenvalue weighted by Gasteiger charge is 2.27. The summed E-state index contributed by atoms with van der Waals surface area (Å²) in [6.07, 6.45) is 5.73. The van der Waals surface area contributed by atoms with Crippen molar-refractivity contribution in [3.63, 3.8) is 0 Å². The van der Waals surface area contributed by atoms with Crippen molar-refractivity contribution >= 4 is 17.8 Å². The summed E-state index contributed by atoms with van der Waals surface area (Å²) in [5.74, 6) is -1.69. The molecule has 1 aliphatic rings. The molecule has 2 aromatic rings. The average molecular weight is 523 g/mol. The van der Waals surface area contributed by atoms with Crippen LogP contribution < -0.4 is 10.6 Å². The zero-order valence-corrected chi connectivity index (χ0v) is 21.7. The molecule has 0 aromatic heterocycles. The van der Waals surface area contributed by atoms with Gasteiger partial charge >= 0.3 is 5.97 Å². The third kappa shape index (κ3) is 10.5. The maximum absolute atomic E-state index is 13.3. The molecule has 0 aliphatic carbocycles. The molecular weight excluding hydrogens is 484 g/mol. The Hall–Kier alpha value is -3.49. The maximum atomic E-state index is 13.3. The third-order valence-electron chi connectivity index (χ3n) is 6.37. The van der Waals surface area contributed by atoms with Gasteiger partial charge in [0, 0.05) is 13.0 Å². The average Bonchev–Trinajstić information content (AvgIpc) is 2.93. The van der Waals surface area contributed by atoms with Crippen LogP contribution in [0.5, 0.6) is 0 Å². The molecule has 0 saturated carbocycles. The van der Waals surface area contributed by atoms with Crippen LogP contribution in [0.15, 0.2) is 72.8 Å². The van der Waals surface area contributed by atoms with Crippen LogP contribution in [0.2, 0.25) is 0 Å². The van der Waals surface area contributed by atoms with Gasteiger partial charge in [-0.05, 0) is 36.8 Å². The minimum Gasteiger partial charge on any atom is -0.463 e. The summed E-state index contributed by atoms with van der Waals surface area (Å²) in [5, 5.41) is 14.6. The highest BCUT2D eigenvalue weighted by atomic mass is 16.5. The van der Waals surface area contributed by atoms with Crippen molar-refractivity contribution < 1.29 is 29.0 Å². The molecule has 8 heteroatoms. The van der Waals surface area contributed by atoms with Crippen molar-refractivity contribution in [3.05, 3.63) is 83.9 Å². The van der Waals surface area contributed by atoms with Gasteiger partial charge in [-0.25, -0.2) is 0 Å². The number of nitrogens with one attached hydrogen (secondary N) is 2. The number of hydrogen-bond donors (Lipinski definition) is 3. The monoisotopic (exact) mass is 522 g/mol. The summed E-state index contributed by atoms with van der Waals surface area (Å²) < 4.78 is 10.9. The summed E-state index contributed by atoms with van der Waals surface area (Å²) >= 11 is 0. The number of aliphatic hydroxyl groups excluding tert-OH is 1. The molecular formula is C30H38N2O6. The van der Waals surface area contributed by atoms with E-state index >= 15 is 0 Å². The molecule has 0 bridgehead atoms.